The van der Waals surface area contributed by atoms with Crippen LogP contribution in [0.2, 0.25) is 0 Å². The van der Waals surface area contributed by atoms with Gasteiger partial charge in [0.05, 0.1) is 11.2 Å². The molecule has 0 fully saturated rings. The van der Waals surface area contributed by atoms with Crippen LogP contribution in [0.15, 0.2) is 107 Å². The Hall–Kier alpha value is -4.89. The number of ether oxygens (including phenoxy) is 1. The highest BCUT2D eigenvalue weighted by atomic mass is 32.2. The lowest BCUT2D eigenvalue weighted by molar-refractivity contribution is 0.0635. The second-order valence-corrected chi connectivity index (χ2v) is 13.2. The average molecular weight is 634 g/mol. The summed E-state index contributed by atoms with van der Waals surface area (Å²) in [5.74, 6) is 0.928. The van der Waals surface area contributed by atoms with E-state index in [0.717, 1.165) is 32.1 Å². The average Bonchev–Trinajstić information content (AvgIpc) is 3.02. The van der Waals surface area contributed by atoms with E-state index in [1.165, 1.54) is 17.3 Å². The topological polar surface area (TPSA) is 96.5 Å². The smallest absolute Gasteiger partial charge is 0.412 e. The summed E-state index contributed by atoms with van der Waals surface area (Å²) in [7, 11) is 0. The van der Waals surface area contributed by atoms with Gasteiger partial charge in [0.2, 0.25) is 0 Å². The van der Waals surface area contributed by atoms with Crippen LogP contribution in [0.25, 0.3) is 10.9 Å². The molecule has 0 saturated carbocycles. The van der Waals surface area contributed by atoms with Crippen molar-refractivity contribution < 1.29 is 14.3 Å². The van der Waals surface area contributed by atoms with Crippen molar-refractivity contribution in [3.8, 4) is 0 Å². The summed E-state index contributed by atoms with van der Waals surface area (Å²) in [5, 5.41) is 7.18. The highest BCUT2D eigenvalue weighted by Gasteiger charge is 2.20. The summed E-state index contributed by atoms with van der Waals surface area (Å²) < 4.78 is 5.37. The normalized spacial score (nSPS) is 11.4. The van der Waals surface area contributed by atoms with Gasteiger partial charge in [-0.15, -0.1) is 0 Å². The molecule has 0 saturated heterocycles. The number of nitrogens with one attached hydrogen (secondary N) is 2. The van der Waals surface area contributed by atoms with Crippen LogP contribution in [0.5, 0.6) is 0 Å². The van der Waals surface area contributed by atoms with E-state index in [9.17, 15) is 9.59 Å². The molecule has 5 aromatic rings. The summed E-state index contributed by atoms with van der Waals surface area (Å²) in [5.41, 5.74) is 4.22. The molecule has 1 aromatic heterocycles. The van der Waals surface area contributed by atoms with Crippen molar-refractivity contribution in [1.29, 1.82) is 0 Å². The molecule has 0 radical (unpaired) electrons. The minimum atomic E-state index is -0.586. The van der Waals surface area contributed by atoms with Gasteiger partial charge in [0.1, 0.15) is 17.7 Å². The fourth-order valence-electron chi connectivity index (χ4n) is 4.87. The predicted molar refractivity (Wildman–Crippen MR) is 188 cm³/mol. The van der Waals surface area contributed by atoms with Crippen LogP contribution in [-0.4, -0.2) is 34.1 Å². The molecule has 9 heteroatoms. The Labute approximate surface area is 274 Å². The number of para-hydroxylation sites is 1. The van der Waals surface area contributed by atoms with Crippen molar-refractivity contribution >= 4 is 57.5 Å². The molecule has 0 aliphatic heterocycles. The van der Waals surface area contributed by atoms with Crippen molar-refractivity contribution in [2.45, 2.75) is 62.9 Å². The zero-order valence-electron chi connectivity index (χ0n) is 27.0. The highest BCUT2D eigenvalue weighted by Crippen LogP contribution is 2.37. The molecule has 8 nitrogen and oxygen atoms in total. The van der Waals surface area contributed by atoms with E-state index < -0.39 is 11.7 Å². The number of anilines is 4. The van der Waals surface area contributed by atoms with Crippen LogP contribution < -0.4 is 15.5 Å². The predicted octanol–water partition coefficient (Wildman–Crippen LogP) is 9.66. The Morgan fingerprint density at radius 3 is 2.33 bits per heavy atom. The molecular formula is C37H39N5O3S. The monoisotopic (exact) mass is 633 g/mol. The molecule has 236 valence electrons. The van der Waals surface area contributed by atoms with Gasteiger partial charge in [-0.05, 0) is 106 Å². The summed E-state index contributed by atoms with van der Waals surface area (Å²) in [6.07, 6.45) is 1.05. The molecular weight excluding hydrogens is 595 g/mol. The molecule has 0 bridgehead atoms. The zero-order valence-corrected chi connectivity index (χ0v) is 27.8. The standard InChI is InChI=1S/C37H39N5O3S/c1-7-42(28-11-9-8-10-12-28)35(43)26-14-20-33(46-29-17-15-27(16-18-29)40-36(44)45-37(4,5)6)32(22-26)41-34-30-19-13-25(24(2)3)21-31(30)38-23-39-34/h8-24H,7H2,1-6H3,(H,40,44)(H,38,39,41). The number of benzene rings is 4. The molecule has 2 amide bonds. The lowest BCUT2D eigenvalue weighted by Gasteiger charge is -2.22. The zero-order chi connectivity index (χ0) is 32.8. The number of amides is 2. The van der Waals surface area contributed by atoms with Crippen molar-refractivity contribution in [2.75, 3.05) is 22.1 Å². The molecule has 0 aliphatic rings. The number of fused-ring (bicyclic) bond motifs is 1. The third kappa shape index (κ3) is 8.03. The van der Waals surface area contributed by atoms with E-state index >= 15 is 0 Å². The number of aromatic nitrogens is 2. The van der Waals surface area contributed by atoms with Gasteiger partial charge in [-0.3, -0.25) is 10.1 Å². The number of nitrogens with zero attached hydrogens (tertiary/aromatic N) is 3. The van der Waals surface area contributed by atoms with Gasteiger partial charge in [0.15, 0.2) is 0 Å². The first-order chi connectivity index (χ1) is 22.0. The summed E-state index contributed by atoms with van der Waals surface area (Å²) in [4.78, 5) is 38.7. The van der Waals surface area contributed by atoms with Crippen molar-refractivity contribution in [1.82, 2.24) is 9.97 Å². The second-order valence-electron chi connectivity index (χ2n) is 12.1. The van der Waals surface area contributed by atoms with Crippen LogP contribution >= 0.6 is 11.8 Å². The van der Waals surface area contributed by atoms with Crippen molar-refractivity contribution in [3.63, 3.8) is 0 Å². The molecule has 2 N–H and O–H groups in total. The second kappa shape index (κ2) is 14.0. The summed E-state index contributed by atoms with van der Waals surface area (Å²) >= 11 is 1.54. The van der Waals surface area contributed by atoms with Crippen LogP contribution in [-0.2, 0) is 4.74 Å². The number of carbonyl (C=O) groups excluding carboxylic acids is 2. The Kier molecular flexibility index (Phi) is 9.92. The van der Waals surface area contributed by atoms with E-state index in [2.05, 4.69) is 46.6 Å². The van der Waals surface area contributed by atoms with Gasteiger partial charge in [-0.25, -0.2) is 14.8 Å². The van der Waals surface area contributed by atoms with Gasteiger partial charge in [-0.1, -0.05) is 49.9 Å². The van der Waals surface area contributed by atoms with Crippen LogP contribution in [0.4, 0.5) is 27.7 Å². The maximum atomic E-state index is 13.8. The van der Waals surface area contributed by atoms with Gasteiger partial charge < -0.3 is 15.0 Å². The highest BCUT2D eigenvalue weighted by molar-refractivity contribution is 7.99. The molecule has 0 unspecified atom stereocenters. The SMILES string of the molecule is CCN(C(=O)c1ccc(Sc2ccc(NC(=O)OC(C)(C)C)cc2)c(Nc2ncnc3cc(C(C)C)ccc23)c1)c1ccccc1. The first kappa shape index (κ1) is 32.5. The molecule has 46 heavy (non-hydrogen) atoms. The lowest BCUT2D eigenvalue weighted by atomic mass is 10.0. The quantitative estimate of drug-likeness (QED) is 0.167. The molecule has 0 spiro atoms. The van der Waals surface area contributed by atoms with Crippen LogP contribution in [0, 0.1) is 0 Å². The van der Waals surface area contributed by atoms with Gasteiger partial charge in [-0.2, -0.15) is 0 Å². The van der Waals surface area contributed by atoms with Crippen LogP contribution in [0.3, 0.4) is 0 Å². The molecule has 5 rings (SSSR count). The minimum Gasteiger partial charge on any atom is -0.444 e. The van der Waals surface area contributed by atoms with Gasteiger partial charge >= 0.3 is 6.09 Å². The molecule has 1 heterocycles. The van der Waals surface area contributed by atoms with E-state index in [4.69, 9.17) is 4.74 Å². The van der Waals surface area contributed by atoms with Gasteiger partial charge in [0.25, 0.3) is 5.91 Å². The maximum Gasteiger partial charge on any atom is 0.412 e. The third-order valence-electron chi connectivity index (χ3n) is 7.16. The number of carbonyl (C=O) groups is 2. The molecule has 0 atom stereocenters. The Morgan fingerprint density at radius 2 is 1.65 bits per heavy atom. The van der Waals surface area contributed by atoms with Crippen molar-refractivity contribution in [2.24, 2.45) is 0 Å². The fourth-order valence-corrected chi connectivity index (χ4v) is 5.75. The van der Waals surface area contributed by atoms with Crippen LogP contribution in [0.1, 0.15) is 63.4 Å². The summed E-state index contributed by atoms with van der Waals surface area (Å²) in [6.45, 7) is 12.3. The fraction of sp³-hybridized carbons (Fsp3) is 0.243. The lowest BCUT2D eigenvalue weighted by Crippen LogP contribution is -2.30. The van der Waals surface area contributed by atoms with E-state index in [-0.39, 0.29) is 5.91 Å². The Morgan fingerprint density at radius 1 is 0.913 bits per heavy atom. The largest absolute Gasteiger partial charge is 0.444 e. The van der Waals surface area contributed by atoms with E-state index in [0.29, 0.717) is 29.5 Å². The number of rotatable bonds is 9. The van der Waals surface area contributed by atoms with E-state index in [1.54, 1.807) is 11.2 Å². The van der Waals surface area contributed by atoms with Gasteiger partial charge in [0, 0.05) is 38.7 Å². The molecule has 4 aromatic carbocycles. The number of hydrogen-bond donors (Lipinski definition) is 2. The van der Waals surface area contributed by atoms with E-state index in [1.807, 2.05) is 107 Å². The Bertz CT molecular complexity index is 1840. The number of hydrogen-bond acceptors (Lipinski definition) is 7. The Balaban J connectivity index is 1.48. The van der Waals surface area contributed by atoms with Crippen molar-refractivity contribution in [3.05, 3.63) is 108 Å². The maximum absolute atomic E-state index is 13.8. The first-order valence-corrected chi connectivity index (χ1v) is 16.1. The summed E-state index contributed by atoms with van der Waals surface area (Å²) in [6, 6.07) is 29.1. The minimum absolute atomic E-state index is 0.0972. The first-order valence-electron chi connectivity index (χ1n) is 15.3. The third-order valence-corrected chi connectivity index (χ3v) is 8.25. The molecule has 0 aliphatic carbocycles.